The van der Waals surface area contributed by atoms with E-state index in [9.17, 15) is 0 Å². The molecule has 0 unspecified atom stereocenters. The summed E-state index contributed by atoms with van der Waals surface area (Å²) in [6.07, 6.45) is 53.7. The van der Waals surface area contributed by atoms with Crippen LogP contribution < -0.4 is 0 Å². The van der Waals surface area contributed by atoms with Gasteiger partial charge in [0.1, 0.15) is 17.5 Å². The van der Waals surface area contributed by atoms with E-state index in [1.165, 1.54) is 231 Å². The van der Waals surface area contributed by atoms with Crippen molar-refractivity contribution in [2.75, 3.05) is 0 Å². The van der Waals surface area contributed by atoms with Crippen molar-refractivity contribution in [3.8, 4) is 0 Å². The molecule has 0 amide bonds. The predicted molar refractivity (Wildman–Crippen MR) is 214 cm³/mol. The van der Waals surface area contributed by atoms with Crippen molar-refractivity contribution in [3.63, 3.8) is 0 Å². The van der Waals surface area contributed by atoms with Crippen LogP contribution in [0.5, 0.6) is 0 Å². The molecule has 3 heteroatoms. The first-order chi connectivity index (χ1) is 23.8. The van der Waals surface area contributed by atoms with Crippen LogP contribution in [0.2, 0.25) is 0 Å². The topological polar surface area (TPSA) is 38.7 Å². The Morgan fingerprint density at radius 1 is 0.208 bits per heavy atom. The minimum atomic E-state index is 1.01. The van der Waals surface area contributed by atoms with Gasteiger partial charge >= 0.3 is 0 Å². The van der Waals surface area contributed by atoms with Crippen molar-refractivity contribution >= 4 is 0 Å². The van der Waals surface area contributed by atoms with Gasteiger partial charge in [0.2, 0.25) is 0 Å². The van der Waals surface area contributed by atoms with Gasteiger partial charge in [-0.1, -0.05) is 233 Å². The molecule has 0 N–H and O–H groups in total. The maximum atomic E-state index is 4.94. The van der Waals surface area contributed by atoms with Gasteiger partial charge in [-0.15, -0.1) is 0 Å². The lowest BCUT2D eigenvalue weighted by atomic mass is 10.0. The molecular formula is C45H87N3. The molecular weight excluding hydrogens is 583 g/mol. The molecule has 1 rings (SSSR count). The van der Waals surface area contributed by atoms with Gasteiger partial charge in [-0.3, -0.25) is 0 Å². The second-order valence-corrected chi connectivity index (χ2v) is 15.5. The molecule has 282 valence electrons. The van der Waals surface area contributed by atoms with Crippen molar-refractivity contribution < 1.29 is 0 Å². The number of hydrogen-bond donors (Lipinski definition) is 0. The monoisotopic (exact) mass is 670 g/mol. The van der Waals surface area contributed by atoms with E-state index in [0.29, 0.717) is 0 Å². The summed E-state index contributed by atoms with van der Waals surface area (Å²) in [6.45, 7) is 6.87. The van der Waals surface area contributed by atoms with E-state index < -0.39 is 0 Å². The highest BCUT2D eigenvalue weighted by Crippen LogP contribution is 2.17. The van der Waals surface area contributed by atoms with E-state index in [1.54, 1.807) is 0 Å². The molecule has 0 aliphatic rings. The summed E-state index contributed by atoms with van der Waals surface area (Å²) in [5.41, 5.74) is 0. The maximum absolute atomic E-state index is 4.94. The Labute approximate surface area is 302 Å². The third-order valence-corrected chi connectivity index (χ3v) is 10.5. The summed E-state index contributed by atoms with van der Waals surface area (Å²) in [4.78, 5) is 14.7. The second-order valence-electron chi connectivity index (χ2n) is 15.5. The van der Waals surface area contributed by atoms with Crippen LogP contribution in [0.25, 0.3) is 0 Å². The highest BCUT2D eigenvalue weighted by molar-refractivity contribution is 4.98. The predicted octanol–water partition coefficient (Wildman–Crippen LogP) is 15.6. The minimum Gasteiger partial charge on any atom is -0.218 e. The highest BCUT2D eigenvalue weighted by atomic mass is 15.0. The maximum Gasteiger partial charge on any atom is 0.132 e. The Bertz CT molecular complexity index is 706. The van der Waals surface area contributed by atoms with Crippen molar-refractivity contribution in [1.29, 1.82) is 0 Å². The molecule has 0 saturated heterocycles. The standard InChI is InChI=1S/C45H87N3/c1-4-7-10-12-14-16-18-20-22-24-26-28-30-32-34-36-38-41-44-46-43(40-9-6-3)47-45(48-44)42-39-37-35-33-31-29-27-25-23-21-19-17-15-13-11-8-5-2/h4-42H2,1-3H3. The third kappa shape index (κ3) is 31.0. The largest absolute Gasteiger partial charge is 0.218 e. The van der Waals surface area contributed by atoms with E-state index in [4.69, 9.17) is 15.0 Å². The highest BCUT2D eigenvalue weighted by Gasteiger charge is 2.07. The van der Waals surface area contributed by atoms with Gasteiger partial charge < -0.3 is 0 Å². The summed E-state index contributed by atoms with van der Waals surface area (Å²) in [5, 5.41) is 0. The fourth-order valence-corrected chi connectivity index (χ4v) is 7.21. The molecule has 1 aromatic heterocycles. The van der Waals surface area contributed by atoms with Gasteiger partial charge in [-0.25, -0.2) is 15.0 Å². The average Bonchev–Trinajstić information content (AvgIpc) is 3.10. The zero-order valence-electron chi connectivity index (χ0n) is 33.4. The molecule has 0 aromatic carbocycles. The molecule has 0 fully saturated rings. The lowest BCUT2D eigenvalue weighted by Crippen LogP contribution is -2.08. The van der Waals surface area contributed by atoms with Crippen LogP contribution in [0.4, 0.5) is 0 Å². The molecule has 1 aromatic rings. The Hall–Kier alpha value is -0.990. The number of aryl methyl sites for hydroxylation is 3. The normalized spacial score (nSPS) is 11.6. The van der Waals surface area contributed by atoms with Crippen molar-refractivity contribution in [2.45, 2.75) is 271 Å². The van der Waals surface area contributed by atoms with Crippen LogP contribution in [0.1, 0.15) is 269 Å². The summed E-state index contributed by atoms with van der Waals surface area (Å²) in [5.74, 6) is 3.19. The molecule has 0 aliphatic carbocycles. The van der Waals surface area contributed by atoms with E-state index in [2.05, 4.69) is 20.8 Å². The molecule has 0 bridgehead atoms. The van der Waals surface area contributed by atoms with E-state index in [0.717, 1.165) is 36.7 Å². The number of nitrogens with zero attached hydrogens (tertiary/aromatic N) is 3. The fourth-order valence-electron chi connectivity index (χ4n) is 7.21. The Morgan fingerprint density at radius 3 is 0.583 bits per heavy atom. The Kier molecular flexibility index (Phi) is 35.0. The SMILES string of the molecule is CCCCCCCCCCCCCCCCCCCc1nc(CCCC)nc(CCCCCCCCCCCCCCCCCCC)n1. The van der Waals surface area contributed by atoms with Crippen molar-refractivity contribution in [2.24, 2.45) is 0 Å². The van der Waals surface area contributed by atoms with Crippen LogP contribution in [0, 0.1) is 0 Å². The zero-order chi connectivity index (χ0) is 34.4. The molecule has 1 heterocycles. The third-order valence-electron chi connectivity index (χ3n) is 10.5. The summed E-state index contributed by atoms with van der Waals surface area (Å²) < 4.78 is 0. The van der Waals surface area contributed by atoms with Gasteiger partial charge in [-0.2, -0.15) is 0 Å². The number of unbranched alkanes of at least 4 members (excludes halogenated alkanes) is 33. The van der Waals surface area contributed by atoms with Crippen LogP contribution in [-0.2, 0) is 19.3 Å². The number of aromatic nitrogens is 3. The van der Waals surface area contributed by atoms with Gasteiger partial charge in [0.25, 0.3) is 0 Å². The Morgan fingerprint density at radius 2 is 0.375 bits per heavy atom. The van der Waals surface area contributed by atoms with Crippen LogP contribution in [0.3, 0.4) is 0 Å². The summed E-state index contributed by atoms with van der Waals surface area (Å²) >= 11 is 0. The molecule has 0 aliphatic heterocycles. The first-order valence-electron chi connectivity index (χ1n) is 22.5. The Balaban J connectivity index is 2.04. The van der Waals surface area contributed by atoms with E-state index in [-0.39, 0.29) is 0 Å². The average molecular weight is 670 g/mol. The van der Waals surface area contributed by atoms with Gasteiger partial charge in [-0.05, 0) is 19.3 Å². The van der Waals surface area contributed by atoms with E-state index >= 15 is 0 Å². The van der Waals surface area contributed by atoms with Crippen molar-refractivity contribution in [1.82, 2.24) is 15.0 Å². The first kappa shape index (κ1) is 45.0. The quantitative estimate of drug-likeness (QED) is 0.0655. The van der Waals surface area contributed by atoms with Crippen LogP contribution in [-0.4, -0.2) is 15.0 Å². The van der Waals surface area contributed by atoms with Crippen molar-refractivity contribution in [3.05, 3.63) is 17.5 Å². The van der Waals surface area contributed by atoms with Gasteiger partial charge in [0.15, 0.2) is 0 Å². The lowest BCUT2D eigenvalue weighted by Gasteiger charge is -2.08. The molecule has 48 heavy (non-hydrogen) atoms. The van der Waals surface area contributed by atoms with E-state index in [1.807, 2.05) is 0 Å². The zero-order valence-corrected chi connectivity index (χ0v) is 33.4. The first-order valence-corrected chi connectivity index (χ1v) is 22.5. The molecule has 0 saturated carbocycles. The number of hydrogen-bond acceptors (Lipinski definition) is 3. The molecule has 0 atom stereocenters. The summed E-state index contributed by atoms with van der Waals surface area (Å²) in [6, 6.07) is 0. The molecule has 0 spiro atoms. The van der Waals surface area contributed by atoms with Crippen LogP contribution in [0.15, 0.2) is 0 Å². The minimum absolute atomic E-state index is 1.01. The number of rotatable bonds is 39. The molecule has 0 radical (unpaired) electrons. The van der Waals surface area contributed by atoms with Gasteiger partial charge in [0.05, 0.1) is 0 Å². The van der Waals surface area contributed by atoms with Crippen LogP contribution >= 0.6 is 0 Å². The molecule has 3 nitrogen and oxygen atoms in total. The summed E-state index contributed by atoms with van der Waals surface area (Å²) in [7, 11) is 0. The lowest BCUT2D eigenvalue weighted by molar-refractivity contribution is 0.525. The van der Waals surface area contributed by atoms with Gasteiger partial charge in [0, 0.05) is 19.3 Å². The second kappa shape index (κ2) is 37.3. The fraction of sp³-hybridized carbons (Fsp3) is 0.933. The smallest absolute Gasteiger partial charge is 0.132 e.